The molecule has 1 aromatic heterocycles. The largest absolute Gasteiger partial charge is 0.279 e. The third kappa shape index (κ3) is 2.47. The van der Waals surface area contributed by atoms with Crippen molar-refractivity contribution in [2.75, 3.05) is 4.90 Å². The molecule has 0 aliphatic carbocycles. The van der Waals surface area contributed by atoms with E-state index in [1.165, 1.54) is 34.9 Å². The Morgan fingerprint density at radius 3 is 2.41 bits per heavy atom. The van der Waals surface area contributed by atoms with Crippen LogP contribution in [0.25, 0.3) is 0 Å². The van der Waals surface area contributed by atoms with Crippen LogP contribution in [0.2, 0.25) is 0 Å². The molecule has 0 saturated carbocycles. The first-order valence-corrected chi connectivity index (χ1v) is 7.79. The van der Waals surface area contributed by atoms with Crippen molar-refractivity contribution in [1.82, 2.24) is 4.98 Å². The van der Waals surface area contributed by atoms with E-state index in [0.29, 0.717) is 5.82 Å². The van der Waals surface area contributed by atoms with Gasteiger partial charge in [-0.2, -0.15) is 0 Å². The zero-order chi connectivity index (χ0) is 15.9. The molecule has 2 aromatic rings. The second-order valence-corrected chi connectivity index (χ2v) is 6.54. The number of rotatable bonds is 2. The summed E-state index contributed by atoms with van der Waals surface area (Å²) in [5.41, 5.74) is 0.635. The van der Waals surface area contributed by atoms with Crippen LogP contribution in [0.15, 0.2) is 36.4 Å². The molecule has 114 valence electrons. The number of hydrogen-bond acceptors (Lipinski definition) is 3. The van der Waals surface area contributed by atoms with E-state index in [1.807, 2.05) is 0 Å². The molecule has 0 radical (unpaired) electrons. The Balaban J connectivity index is 2.11. The van der Waals surface area contributed by atoms with Gasteiger partial charge in [-0.3, -0.25) is 9.69 Å². The number of benzene rings is 1. The van der Waals surface area contributed by atoms with Gasteiger partial charge in [-0.05, 0) is 38.1 Å². The quantitative estimate of drug-likeness (QED) is 0.843. The predicted molar refractivity (Wildman–Crippen MR) is 82.6 cm³/mol. The maximum Gasteiger partial charge on any atom is 0.242 e. The molecule has 0 bridgehead atoms. The zero-order valence-corrected chi connectivity index (χ0v) is 12.9. The van der Waals surface area contributed by atoms with Crippen molar-refractivity contribution in [3.8, 4) is 0 Å². The lowest BCUT2D eigenvalue weighted by Gasteiger charge is -2.24. The Morgan fingerprint density at radius 1 is 1.14 bits per heavy atom. The van der Waals surface area contributed by atoms with Gasteiger partial charge in [0, 0.05) is 5.69 Å². The monoisotopic (exact) mass is 320 g/mol. The van der Waals surface area contributed by atoms with Gasteiger partial charge in [-0.25, -0.2) is 13.8 Å². The molecule has 1 saturated heterocycles. The summed E-state index contributed by atoms with van der Waals surface area (Å²) < 4.78 is 28.2. The molecule has 1 aliphatic rings. The third-order valence-corrected chi connectivity index (χ3v) is 4.83. The van der Waals surface area contributed by atoms with Crippen molar-refractivity contribution >= 4 is 23.5 Å². The van der Waals surface area contributed by atoms with Gasteiger partial charge in [-0.15, -0.1) is 11.8 Å². The van der Waals surface area contributed by atoms with E-state index in [9.17, 15) is 13.6 Å². The summed E-state index contributed by atoms with van der Waals surface area (Å²) in [6.45, 7) is 3.54. The molecular weight excluding hydrogens is 306 g/mol. The highest BCUT2D eigenvalue weighted by atomic mass is 32.2. The number of hydrogen-bond donors (Lipinski definition) is 0. The third-order valence-electron chi connectivity index (χ3n) is 3.52. The van der Waals surface area contributed by atoms with E-state index in [0.717, 1.165) is 5.69 Å². The van der Waals surface area contributed by atoms with E-state index in [2.05, 4.69) is 4.98 Å². The fraction of sp³-hybridized carbons (Fsp3) is 0.250. The molecule has 2 heterocycles. The first-order chi connectivity index (χ1) is 10.5. The van der Waals surface area contributed by atoms with Crippen molar-refractivity contribution < 1.29 is 13.6 Å². The Bertz CT molecular complexity index is 718. The molecule has 1 fully saturated rings. The first-order valence-electron chi connectivity index (χ1n) is 6.85. The number of halogens is 2. The maximum atomic E-state index is 14.1. The van der Waals surface area contributed by atoms with E-state index >= 15 is 0 Å². The molecule has 3 rings (SSSR count). The van der Waals surface area contributed by atoms with Gasteiger partial charge < -0.3 is 0 Å². The van der Waals surface area contributed by atoms with Gasteiger partial charge >= 0.3 is 0 Å². The Morgan fingerprint density at radius 2 is 1.77 bits per heavy atom. The van der Waals surface area contributed by atoms with Crippen LogP contribution < -0.4 is 4.90 Å². The summed E-state index contributed by atoms with van der Waals surface area (Å²) in [6.07, 6.45) is 0. The van der Waals surface area contributed by atoms with Gasteiger partial charge in [0.2, 0.25) is 5.91 Å². The summed E-state index contributed by atoms with van der Waals surface area (Å²) in [5.74, 6) is -1.10. The van der Waals surface area contributed by atoms with Crippen molar-refractivity contribution in [1.29, 1.82) is 0 Å². The van der Waals surface area contributed by atoms with Crippen molar-refractivity contribution in [3.63, 3.8) is 0 Å². The number of aryl methyl sites for hydroxylation is 1. The molecule has 6 heteroatoms. The van der Waals surface area contributed by atoms with Crippen molar-refractivity contribution in [2.45, 2.75) is 24.5 Å². The molecule has 3 nitrogen and oxygen atoms in total. The summed E-state index contributed by atoms with van der Waals surface area (Å²) in [6, 6.07) is 8.97. The number of pyridine rings is 1. The smallest absolute Gasteiger partial charge is 0.242 e. The van der Waals surface area contributed by atoms with Crippen LogP contribution in [-0.4, -0.2) is 16.1 Å². The topological polar surface area (TPSA) is 33.2 Å². The van der Waals surface area contributed by atoms with Gasteiger partial charge in [-0.1, -0.05) is 12.1 Å². The van der Waals surface area contributed by atoms with Crippen LogP contribution in [0.1, 0.15) is 23.6 Å². The molecule has 2 atom stereocenters. The van der Waals surface area contributed by atoms with Gasteiger partial charge in [0.15, 0.2) is 0 Å². The van der Waals surface area contributed by atoms with Crippen LogP contribution in [-0.2, 0) is 4.79 Å². The summed E-state index contributed by atoms with van der Waals surface area (Å²) in [7, 11) is 0. The Labute approximate surface area is 131 Å². The van der Waals surface area contributed by atoms with Gasteiger partial charge in [0.1, 0.15) is 22.8 Å². The average molecular weight is 320 g/mol. The summed E-state index contributed by atoms with van der Waals surface area (Å²) >= 11 is 1.22. The highest BCUT2D eigenvalue weighted by Crippen LogP contribution is 2.46. The minimum atomic E-state index is -0.752. The molecule has 0 spiro atoms. The predicted octanol–water partition coefficient (Wildman–Crippen LogP) is 3.84. The Kier molecular flexibility index (Phi) is 3.87. The van der Waals surface area contributed by atoms with Gasteiger partial charge in [0.25, 0.3) is 0 Å². The highest BCUT2D eigenvalue weighted by Gasteiger charge is 2.42. The second-order valence-electron chi connectivity index (χ2n) is 5.11. The number of anilines is 1. The van der Waals surface area contributed by atoms with Crippen LogP contribution in [0.4, 0.5) is 14.6 Å². The SMILES string of the molecule is Cc1cccc(N2C(=O)[C@H](C)S[C@H]2c2c(F)cccc2F)n1. The average Bonchev–Trinajstić information content (AvgIpc) is 2.74. The minimum absolute atomic E-state index is 0.103. The minimum Gasteiger partial charge on any atom is -0.279 e. The molecule has 0 N–H and O–H groups in total. The van der Waals surface area contributed by atoms with E-state index in [4.69, 9.17) is 0 Å². The summed E-state index contributed by atoms with van der Waals surface area (Å²) in [5, 5.41) is -1.13. The van der Waals surface area contributed by atoms with Crippen LogP contribution >= 0.6 is 11.8 Å². The number of carbonyl (C=O) groups is 1. The lowest BCUT2D eigenvalue weighted by molar-refractivity contribution is -0.117. The van der Waals surface area contributed by atoms with E-state index in [-0.39, 0.29) is 16.7 Å². The van der Waals surface area contributed by atoms with E-state index in [1.54, 1.807) is 32.0 Å². The lowest BCUT2D eigenvalue weighted by Crippen LogP contribution is -2.31. The number of carbonyl (C=O) groups excluding carboxylic acids is 1. The number of aromatic nitrogens is 1. The summed E-state index contributed by atoms with van der Waals surface area (Å²) in [4.78, 5) is 18.1. The highest BCUT2D eigenvalue weighted by molar-refractivity contribution is 8.01. The van der Waals surface area contributed by atoms with Crippen molar-refractivity contribution in [3.05, 3.63) is 59.3 Å². The normalized spacial score (nSPS) is 21.5. The van der Waals surface area contributed by atoms with Crippen LogP contribution in [0.3, 0.4) is 0 Å². The molecular formula is C16H14F2N2OS. The molecule has 1 aliphatic heterocycles. The number of nitrogens with zero attached hydrogens (tertiary/aromatic N) is 2. The van der Waals surface area contributed by atoms with Gasteiger partial charge in [0.05, 0.1) is 10.8 Å². The standard InChI is InChI=1S/C16H14F2N2OS/c1-9-5-3-8-13(19-9)20-15(21)10(2)22-16(20)14-11(17)6-4-7-12(14)18/h3-8,10,16H,1-2H3/t10-,16-/m0/s1. The van der Waals surface area contributed by atoms with Crippen LogP contribution in [0, 0.1) is 18.6 Å². The van der Waals surface area contributed by atoms with E-state index < -0.39 is 17.0 Å². The van der Waals surface area contributed by atoms with Crippen LogP contribution in [0.5, 0.6) is 0 Å². The molecule has 1 aromatic carbocycles. The second kappa shape index (κ2) is 5.68. The fourth-order valence-corrected chi connectivity index (χ4v) is 3.78. The number of amides is 1. The number of thioether (sulfide) groups is 1. The first kappa shape index (κ1) is 15.0. The fourth-order valence-electron chi connectivity index (χ4n) is 2.46. The molecule has 22 heavy (non-hydrogen) atoms. The Hall–Kier alpha value is -1.95. The molecule has 0 unspecified atom stereocenters. The lowest BCUT2D eigenvalue weighted by atomic mass is 10.1. The zero-order valence-electron chi connectivity index (χ0n) is 12.1. The van der Waals surface area contributed by atoms with Crippen molar-refractivity contribution in [2.24, 2.45) is 0 Å². The molecule has 1 amide bonds. The maximum absolute atomic E-state index is 14.1.